The molecule has 1 aliphatic carbocycles. The minimum absolute atomic E-state index is 0.0104. The van der Waals surface area contributed by atoms with Gasteiger partial charge in [-0.25, -0.2) is 0 Å². The van der Waals surface area contributed by atoms with Crippen LogP contribution in [0.1, 0.15) is 31.2 Å². The largest absolute Gasteiger partial charge is 0.493 e. The topological polar surface area (TPSA) is 44.5 Å². The standard InChI is InChI=1S/C14H20ClNO2/c1-17-12-8-10(15)7-11(13(12)18-2)14(9-16)5-3-4-6-14/h7-8H,3-6,9,16H2,1-2H3. The Hall–Kier alpha value is -0.930. The van der Waals surface area contributed by atoms with Crippen molar-refractivity contribution < 1.29 is 9.47 Å². The van der Waals surface area contributed by atoms with Gasteiger partial charge in [-0.1, -0.05) is 24.4 Å². The molecular weight excluding hydrogens is 250 g/mol. The fourth-order valence-corrected chi connectivity index (χ4v) is 3.17. The smallest absolute Gasteiger partial charge is 0.164 e. The molecule has 0 atom stereocenters. The third-order valence-corrected chi connectivity index (χ3v) is 4.18. The third kappa shape index (κ3) is 2.17. The van der Waals surface area contributed by atoms with Crippen molar-refractivity contribution in [1.82, 2.24) is 0 Å². The number of halogens is 1. The zero-order valence-electron chi connectivity index (χ0n) is 11.0. The lowest BCUT2D eigenvalue weighted by atomic mass is 9.78. The van der Waals surface area contributed by atoms with E-state index in [1.807, 2.05) is 6.07 Å². The van der Waals surface area contributed by atoms with E-state index in [9.17, 15) is 0 Å². The second-order valence-electron chi connectivity index (χ2n) is 4.88. The van der Waals surface area contributed by atoms with Gasteiger partial charge < -0.3 is 15.2 Å². The van der Waals surface area contributed by atoms with Crippen LogP contribution in [0.5, 0.6) is 11.5 Å². The zero-order chi connectivity index (χ0) is 13.2. The molecule has 18 heavy (non-hydrogen) atoms. The van der Waals surface area contributed by atoms with E-state index in [4.69, 9.17) is 26.8 Å². The van der Waals surface area contributed by atoms with E-state index < -0.39 is 0 Å². The van der Waals surface area contributed by atoms with Gasteiger partial charge in [0.1, 0.15) is 0 Å². The maximum Gasteiger partial charge on any atom is 0.164 e. The molecule has 100 valence electrons. The van der Waals surface area contributed by atoms with Crippen LogP contribution in [0, 0.1) is 0 Å². The molecule has 0 aliphatic heterocycles. The minimum atomic E-state index is -0.0104. The van der Waals surface area contributed by atoms with Crippen LogP contribution >= 0.6 is 11.6 Å². The van der Waals surface area contributed by atoms with Crippen molar-refractivity contribution in [2.45, 2.75) is 31.1 Å². The Morgan fingerprint density at radius 3 is 2.39 bits per heavy atom. The Kier molecular flexibility index (Phi) is 4.03. The molecule has 0 saturated heterocycles. The van der Waals surface area contributed by atoms with Crippen molar-refractivity contribution in [2.24, 2.45) is 5.73 Å². The molecule has 0 bridgehead atoms. The van der Waals surface area contributed by atoms with Gasteiger partial charge in [0.2, 0.25) is 0 Å². The number of ether oxygens (including phenoxy) is 2. The van der Waals surface area contributed by atoms with Crippen molar-refractivity contribution in [3.8, 4) is 11.5 Å². The molecule has 0 heterocycles. The lowest BCUT2D eigenvalue weighted by molar-refractivity contribution is 0.337. The Morgan fingerprint density at radius 1 is 1.22 bits per heavy atom. The Bertz CT molecular complexity index is 428. The first-order valence-electron chi connectivity index (χ1n) is 6.29. The minimum Gasteiger partial charge on any atom is -0.493 e. The van der Waals surface area contributed by atoms with E-state index in [1.54, 1.807) is 20.3 Å². The molecule has 1 aliphatic rings. The number of methoxy groups -OCH3 is 2. The summed E-state index contributed by atoms with van der Waals surface area (Å²) in [4.78, 5) is 0. The predicted molar refractivity (Wildman–Crippen MR) is 73.8 cm³/mol. The van der Waals surface area contributed by atoms with Crippen LogP contribution in [0.15, 0.2) is 12.1 Å². The zero-order valence-corrected chi connectivity index (χ0v) is 11.7. The molecule has 1 saturated carbocycles. The summed E-state index contributed by atoms with van der Waals surface area (Å²) in [6.07, 6.45) is 4.58. The normalized spacial score (nSPS) is 17.8. The summed E-state index contributed by atoms with van der Waals surface area (Å²) in [5.74, 6) is 1.45. The van der Waals surface area contributed by atoms with Crippen molar-refractivity contribution in [3.63, 3.8) is 0 Å². The molecule has 1 fully saturated rings. The average molecular weight is 270 g/mol. The summed E-state index contributed by atoms with van der Waals surface area (Å²) in [5, 5.41) is 0.669. The Morgan fingerprint density at radius 2 is 1.89 bits per heavy atom. The van der Waals surface area contributed by atoms with Gasteiger partial charge in [0.25, 0.3) is 0 Å². The van der Waals surface area contributed by atoms with Gasteiger partial charge in [0, 0.05) is 28.6 Å². The second kappa shape index (κ2) is 5.37. The quantitative estimate of drug-likeness (QED) is 0.913. The second-order valence-corrected chi connectivity index (χ2v) is 5.32. The number of nitrogens with two attached hydrogens (primary N) is 1. The molecule has 1 aromatic carbocycles. The monoisotopic (exact) mass is 269 g/mol. The Labute approximate surface area is 113 Å². The third-order valence-electron chi connectivity index (χ3n) is 3.97. The lowest BCUT2D eigenvalue weighted by Crippen LogP contribution is -2.32. The van der Waals surface area contributed by atoms with Gasteiger partial charge in [-0.15, -0.1) is 0 Å². The first-order chi connectivity index (χ1) is 8.66. The van der Waals surface area contributed by atoms with Gasteiger partial charge in [0.05, 0.1) is 14.2 Å². The van der Waals surface area contributed by atoms with Gasteiger partial charge in [-0.3, -0.25) is 0 Å². The van der Waals surface area contributed by atoms with Gasteiger partial charge in [-0.2, -0.15) is 0 Å². The highest BCUT2D eigenvalue weighted by Gasteiger charge is 2.37. The summed E-state index contributed by atoms with van der Waals surface area (Å²) in [6, 6.07) is 3.75. The summed E-state index contributed by atoms with van der Waals surface area (Å²) in [7, 11) is 3.29. The predicted octanol–water partition coefficient (Wildman–Crippen LogP) is 3.13. The van der Waals surface area contributed by atoms with Gasteiger partial charge in [0.15, 0.2) is 11.5 Å². The molecule has 0 radical (unpaired) electrons. The van der Waals surface area contributed by atoms with Crippen LogP contribution in [-0.2, 0) is 5.41 Å². The number of rotatable bonds is 4. The average Bonchev–Trinajstić information content (AvgIpc) is 2.87. The lowest BCUT2D eigenvalue weighted by Gasteiger charge is -2.30. The molecule has 4 heteroatoms. The van der Waals surface area contributed by atoms with Crippen LogP contribution in [0.25, 0.3) is 0 Å². The van der Waals surface area contributed by atoms with E-state index in [0.717, 1.165) is 24.2 Å². The van der Waals surface area contributed by atoms with E-state index >= 15 is 0 Å². The molecule has 0 aromatic heterocycles. The highest BCUT2D eigenvalue weighted by atomic mass is 35.5. The van der Waals surface area contributed by atoms with Crippen LogP contribution in [0.3, 0.4) is 0 Å². The Balaban J connectivity index is 2.57. The number of hydrogen-bond donors (Lipinski definition) is 1. The molecular formula is C14H20ClNO2. The van der Waals surface area contributed by atoms with E-state index in [-0.39, 0.29) is 5.41 Å². The van der Waals surface area contributed by atoms with Crippen molar-refractivity contribution in [2.75, 3.05) is 20.8 Å². The van der Waals surface area contributed by atoms with Crippen molar-refractivity contribution in [3.05, 3.63) is 22.7 Å². The summed E-state index contributed by atoms with van der Waals surface area (Å²) < 4.78 is 10.9. The molecule has 2 N–H and O–H groups in total. The van der Waals surface area contributed by atoms with Crippen molar-refractivity contribution >= 4 is 11.6 Å². The highest BCUT2D eigenvalue weighted by Crippen LogP contribution is 2.48. The molecule has 1 aromatic rings. The van der Waals surface area contributed by atoms with E-state index in [2.05, 4.69) is 0 Å². The number of benzene rings is 1. The molecule has 3 nitrogen and oxygen atoms in total. The van der Waals surface area contributed by atoms with Gasteiger partial charge >= 0.3 is 0 Å². The summed E-state index contributed by atoms with van der Waals surface area (Å²) in [5.41, 5.74) is 7.11. The van der Waals surface area contributed by atoms with Gasteiger partial charge in [-0.05, 0) is 18.9 Å². The first-order valence-corrected chi connectivity index (χ1v) is 6.67. The molecule has 0 spiro atoms. The first kappa shape index (κ1) is 13.5. The van der Waals surface area contributed by atoms with Crippen LogP contribution in [-0.4, -0.2) is 20.8 Å². The molecule has 0 unspecified atom stereocenters. The number of hydrogen-bond acceptors (Lipinski definition) is 3. The van der Waals surface area contributed by atoms with E-state index in [1.165, 1.54) is 12.8 Å². The summed E-state index contributed by atoms with van der Waals surface area (Å²) >= 11 is 6.18. The SMILES string of the molecule is COc1cc(Cl)cc(C2(CN)CCCC2)c1OC. The summed E-state index contributed by atoms with van der Waals surface area (Å²) in [6.45, 7) is 0.618. The molecule has 2 rings (SSSR count). The fourth-order valence-electron chi connectivity index (χ4n) is 2.96. The highest BCUT2D eigenvalue weighted by molar-refractivity contribution is 6.30. The van der Waals surface area contributed by atoms with Crippen LogP contribution < -0.4 is 15.2 Å². The fraction of sp³-hybridized carbons (Fsp3) is 0.571. The molecule has 0 amide bonds. The maximum atomic E-state index is 6.18. The van der Waals surface area contributed by atoms with E-state index in [0.29, 0.717) is 17.3 Å². The van der Waals surface area contributed by atoms with Crippen LogP contribution in [0.4, 0.5) is 0 Å². The van der Waals surface area contributed by atoms with Crippen molar-refractivity contribution in [1.29, 1.82) is 0 Å². The maximum absolute atomic E-state index is 6.18. The van der Waals surface area contributed by atoms with Crippen LogP contribution in [0.2, 0.25) is 5.02 Å².